The molecule has 0 aliphatic carbocycles. The molecular formula is C12H20N4. The highest BCUT2D eigenvalue weighted by molar-refractivity contribution is 5.62. The van der Waals surface area contributed by atoms with Gasteiger partial charge in [-0.05, 0) is 38.6 Å². The van der Waals surface area contributed by atoms with Crippen LogP contribution in [0.2, 0.25) is 0 Å². The van der Waals surface area contributed by atoms with E-state index in [1.807, 2.05) is 12.1 Å². The lowest BCUT2D eigenvalue weighted by Crippen LogP contribution is -2.45. The number of rotatable bonds is 2. The number of anilines is 2. The molecule has 1 aliphatic heterocycles. The molecule has 0 spiro atoms. The lowest BCUT2D eigenvalue weighted by Gasteiger charge is -2.36. The third kappa shape index (κ3) is 2.27. The van der Waals surface area contributed by atoms with Crippen LogP contribution in [0.15, 0.2) is 18.3 Å². The molecule has 1 atom stereocenters. The molecule has 4 nitrogen and oxygen atoms in total. The van der Waals surface area contributed by atoms with Crippen molar-refractivity contribution in [2.24, 2.45) is 0 Å². The fraction of sp³-hybridized carbons (Fsp3) is 0.583. The molecule has 0 bridgehead atoms. The van der Waals surface area contributed by atoms with Crippen molar-refractivity contribution in [2.75, 3.05) is 37.8 Å². The first-order valence-corrected chi connectivity index (χ1v) is 5.80. The maximum atomic E-state index is 5.95. The second-order valence-electron chi connectivity index (χ2n) is 4.59. The molecule has 0 saturated carbocycles. The Morgan fingerprint density at radius 1 is 1.56 bits per heavy atom. The second-order valence-corrected chi connectivity index (χ2v) is 4.59. The van der Waals surface area contributed by atoms with Gasteiger partial charge in [-0.1, -0.05) is 0 Å². The van der Waals surface area contributed by atoms with Gasteiger partial charge in [-0.3, -0.25) is 0 Å². The number of likely N-dealkylation sites (N-methyl/N-ethyl adjacent to an activating group) is 2. The Morgan fingerprint density at radius 2 is 2.38 bits per heavy atom. The van der Waals surface area contributed by atoms with Gasteiger partial charge in [0.05, 0.1) is 5.69 Å². The molecule has 1 aliphatic rings. The van der Waals surface area contributed by atoms with Crippen molar-refractivity contribution in [3.63, 3.8) is 0 Å². The van der Waals surface area contributed by atoms with Gasteiger partial charge in [-0.25, -0.2) is 4.98 Å². The first-order valence-electron chi connectivity index (χ1n) is 5.80. The minimum absolute atomic E-state index is 0.524. The van der Waals surface area contributed by atoms with Crippen LogP contribution in [0, 0.1) is 0 Å². The molecule has 0 aromatic carbocycles. The number of nitrogen functional groups attached to an aromatic ring is 1. The predicted octanol–water partition coefficient (Wildman–Crippen LogP) is 1.19. The molecule has 2 heterocycles. The molecular weight excluding hydrogens is 200 g/mol. The summed E-state index contributed by atoms with van der Waals surface area (Å²) in [4.78, 5) is 8.94. The summed E-state index contributed by atoms with van der Waals surface area (Å²) in [5, 5.41) is 0. The molecule has 2 N–H and O–H groups in total. The molecule has 1 saturated heterocycles. The number of piperidine rings is 1. The van der Waals surface area contributed by atoms with Gasteiger partial charge in [0.1, 0.15) is 0 Å². The summed E-state index contributed by atoms with van der Waals surface area (Å²) in [6.45, 7) is 2.29. The molecule has 4 heteroatoms. The zero-order valence-electron chi connectivity index (χ0n) is 10.1. The molecule has 16 heavy (non-hydrogen) atoms. The monoisotopic (exact) mass is 220 g/mol. The third-order valence-electron chi connectivity index (χ3n) is 3.30. The highest BCUT2D eigenvalue weighted by Gasteiger charge is 2.22. The van der Waals surface area contributed by atoms with E-state index in [1.54, 1.807) is 6.20 Å². The molecule has 88 valence electrons. The SMILES string of the molecule is CN1CCCC(N(C)c2ncccc2N)C1. The Morgan fingerprint density at radius 3 is 3.06 bits per heavy atom. The van der Waals surface area contributed by atoms with Crippen molar-refractivity contribution in [1.82, 2.24) is 9.88 Å². The van der Waals surface area contributed by atoms with E-state index in [-0.39, 0.29) is 0 Å². The molecule has 1 unspecified atom stereocenters. The van der Waals surface area contributed by atoms with Crippen molar-refractivity contribution in [2.45, 2.75) is 18.9 Å². The first kappa shape index (κ1) is 11.2. The third-order valence-corrected chi connectivity index (χ3v) is 3.30. The van der Waals surface area contributed by atoms with Gasteiger partial charge in [-0.2, -0.15) is 0 Å². The Bertz CT molecular complexity index is 353. The minimum atomic E-state index is 0.524. The number of likely N-dealkylation sites (tertiary alicyclic amines) is 1. The number of nitrogens with zero attached hydrogens (tertiary/aromatic N) is 3. The van der Waals surface area contributed by atoms with Crippen LogP contribution < -0.4 is 10.6 Å². The van der Waals surface area contributed by atoms with Crippen molar-refractivity contribution in [3.05, 3.63) is 18.3 Å². The van der Waals surface area contributed by atoms with Gasteiger partial charge in [0.25, 0.3) is 0 Å². The van der Waals surface area contributed by atoms with Gasteiger partial charge < -0.3 is 15.5 Å². The van der Waals surface area contributed by atoms with E-state index in [9.17, 15) is 0 Å². The topological polar surface area (TPSA) is 45.4 Å². The largest absolute Gasteiger partial charge is 0.396 e. The van der Waals surface area contributed by atoms with E-state index >= 15 is 0 Å². The number of aromatic nitrogens is 1. The average molecular weight is 220 g/mol. The molecule has 1 fully saturated rings. The summed E-state index contributed by atoms with van der Waals surface area (Å²) in [5.74, 6) is 0.905. The van der Waals surface area contributed by atoms with Crippen LogP contribution in [0.4, 0.5) is 11.5 Å². The number of hydrogen-bond acceptors (Lipinski definition) is 4. The van der Waals surface area contributed by atoms with E-state index in [4.69, 9.17) is 5.73 Å². The maximum absolute atomic E-state index is 5.95. The van der Waals surface area contributed by atoms with Crippen molar-refractivity contribution < 1.29 is 0 Å². The predicted molar refractivity (Wildman–Crippen MR) is 67.6 cm³/mol. The Hall–Kier alpha value is -1.29. The van der Waals surface area contributed by atoms with Crippen LogP contribution >= 0.6 is 0 Å². The lowest BCUT2D eigenvalue weighted by atomic mass is 10.1. The summed E-state index contributed by atoms with van der Waals surface area (Å²) in [7, 11) is 4.25. The zero-order chi connectivity index (χ0) is 11.5. The average Bonchev–Trinajstić information content (AvgIpc) is 2.29. The lowest BCUT2D eigenvalue weighted by molar-refractivity contribution is 0.247. The smallest absolute Gasteiger partial charge is 0.151 e. The number of nitrogens with two attached hydrogens (primary N) is 1. The Labute approximate surface area is 97.1 Å². The van der Waals surface area contributed by atoms with Crippen LogP contribution in [0.5, 0.6) is 0 Å². The van der Waals surface area contributed by atoms with Crippen molar-refractivity contribution in [3.8, 4) is 0 Å². The molecule has 0 amide bonds. The Balaban J connectivity index is 2.12. The van der Waals surface area contributed by atoms with Gasteiger partial charge in [-0.15, -0.1) is 0 Å². The van der Waals surface area contributed by atoms with Gasteiger partial charge in [0.15, 0.2) is 5.82 Å². The Kier molecular flexibility index (Phi) is 3.29. The molecule has 1 aromatic rings. The minimum Gasteiger partial charge on any atom is -0.396 e. The number of hydrogen-bond donors (Lipinski definition) is 1. The van der Waals surface area contributed by atoms with Crippen LogP contribution in [0.3, 0.4) is 0 Å². The highest BCUT2D eigenvalue weighted by Crippen LogP contribution is 2.23. The summed E-state index contributed by atoms with van der Waals surface area (Å²) in [6.07, 6.45) is 4.27. The second kappa shape index (κ2) is 4.70. The van der Waals surface area contributed by atoms with Crippen LogP contribution in [0.1, 0.15) is 12.8 Å². The van der Waals surface area contributed by atoms with E-state index in [1.165, 1.54) is 19.4 Å². The summed E-state index contributed by atoms with van der Waals surface area (Å²) < 4.78 is 0. The van der Waals surface area contributed by atoms with Crippen LogP contribution in [-0.2, 0) is 0 Å². The normalized spacial score (nSPS) is 22.0. The summed E-state index contributed by atoms with van der Waals surface area (Å²) >= 11 is 0. The molecule has 1 aromatic heterocycles. The molecule has 0 radical (unpaired) electrons. The van der Waals surface area contributed by atoms with Gasteiger partial charge in [0, 0.05) is 25.8 Å². The summed E-state index contributed by atoms with van der Waals surface area (Å²) in [6, 6.07) is 4.31. The fourth-order valence-electron chi connectivity index (χ4n) is 2.33. The van der Waals surface area contributed by atoms with Crippen LogP contribution in [-0.4, -0.2) is 43.1 Å². The maximum Gasteiger partial charge on any atom is 0.151 e. The van der Waals surface area contributed by atoms with E-state index in [0.29, 0.717) is 6.04 Å². The summed E-state index contributed by atoms with van der Waals surface area (Å²) in [5.41, 5.74) is 6.71. The van der Waals surface area contributed by atoms with E-state index in [0.717, 1.165) is 18.1 Å². The highest BCUT2D eigenvalue weighted by atomic mass is 15.2. The fourth-order valence-corrected chi connectivity index (χ4v) is 2.33. The van der Waals surface area contributed by atoms with Crippen LogP contribution in [0.25, 0.3) is 0 Å². The van der Waals surface area contributed by atoms with Crippen molar-refractivity contribution in [1.29, 1.82) is 0 Å². The first-order chi connectivity index (χ1) is 7.68. The standard InChI is InChI=1S/C12H20N4/c1-15-8-4-5-10(9-15)16(2)12-11(13)6-3-7-14-12/h3,6-7,10H,4-5,8-9,13H2,1-2H3. The molecule has 2 rings (SSSR count). The van der Waals surface area contributed by atoms with E-state index in [2.05, 4.69) is 28.9 Å². The quantitative estimate of drug-likeness (QED) is 0.813. The van der Waals surface area contributed by atoms with E-state index < -0.39 is 0 Å². The van der Waals surface area contributed by atoms with Gasteiger partial charge in [0.2, 0.25) is 0 Å². The number of pyridine rings is 1. The van der Waals surface area contributed by atoms with Crippen molar-refractivity contribution >= 4 is 11.5 Å². The zero-order valence-corrected chi connectivity index (χ0v) is 10.1. The van der Waals surface area contributed by atoms with Gasteiger partial charge >= 0.3 is 0 Å².